The first-order valence-corrected chi connectivity index (χ1v) is 6.30. The Morgan fingerprint density at radius 1 is 1.33 bits per heavy atom. The predicted molar refractivity (Wildman–Crippen MR) is 74.5 cm³/mol. The van der Waals surface area contributed by atoms with Crippen LogP contribution in [0.1, 0.15) is 26.3 Å². The van der Waals surface area contributed by atoms with Crippen molar-refractivity contribution in [1.82, 2.24) is 5.32 Å². The molecule has 1 N–H and O–H groups in total. The second kappa shape index (κ2) is 7.54. The summed E-state index contributed by atoms with van der Waals surface area (Å²) in [5.41, 5.74) is 0.984. The molecule has 0 saturated heterocycles. The van der Waals surface area contributed by atoms with Gasteiger partial charge in [0.25, 0.3) is 0 Å². The van der Waals surface area contributed by atoms with Crippen LogP contribution in [0.3, 0.4) is 0 Å². The van der Waals surface area contributed by atoms with E-state index in [1.165, 1.54) is 0 Å². The van der Waals surface area contributed by atoms with E-state index in [0.717, 1.165) is 11.3 Å². The maximum absolute atomic E-state index is 11.5. The molecule has 0 fully saturated rings. The third kappa shape index (κ3) is 5.53. The Morgan fingerprint density at radius 3 is 2.56 bits per heavy atom. The first-order chi connectivity index (χ1) is 8.61. The van der Waals surface area contributed by atoms with E-state index in [-0.39, 0.29) is 5.91 Å². The first kappa shape index (κ1) is 14.3. The van der Waals surface area contributed by atoms with E-state index in [4.69, 9.17) is 4.74 Å². The average Bonchev–Trinajstić information content (AvgIpc) is 2.36. The van der Waals surface area contributed by atoms with Crippen LogP contribution in [-0.4, -0.2) is 19.1 Å². The zero-order valence-corrected chi connectivity index (χ0v) is 11.3. The number of amides is 1. The minimum Gasteiger partial charge on any atom is -0.494 e. The Hall–Kier alpha value is -1.77. The molecule has 1 rings (SSSR count). The molecule has 1 amide bonds. The van der Waals surface area contributed by atoms with Gasteiger partial charge in [0, 0.05) is 12.6 Å². The molecule has 98 valence electrons. The summed E-state index contributed by atoms with van der Waals surface area (Å²) < 4.78 is 5.35. The van der Waals surface area contributed by atoms with Crippen LogP contribution in [0.25, 0.3) is 6.08 Å². The number of rotatable bonds is 6. The lowest BCUT2D eigenvalue weighted by Gasteiger charge is -2.04. The van der Waals surface area contributed by atoms with Gasteiger partial charge in [-0.05, 0) is 36.6 Å². The lowest BCUT2D eigenvalue weighted by Crippen LogP contribution is -2.25. The predicted octanol–water partition coefficient (Wildman–Crippen LogP) is 2.87. The second-order valence-electron chi connectivity index (χ2n) is 4.47. The quantitative estimate of drug-likeness (QED) is 0.785. The highest BCUT2D eigenvalue weighted by atomic mass is 16.5. The van der Waals surface area contributed by atoms with Crippen molar-refractivity contribution >= 4 is 12.0 Å². The monoisotopic (exact) mass is 247 g/mol. The smallest absolute Gasteiger partial charge is 0.244 e. The number of carbonyl (C=O) groups excluding carboxylic acids is 1. The van der Waals surface area contributed by atoms with Crippen molar-refractivity contribution in [1.29, 1.82) is 0 Å². The lowest BCUT2D eigenvalue weighted by atomic mass is 10.2. The first-order valence-electron chi connectivity index (χ1n) is 6.30. The molecular formula is C15H21NO2. The van der Waals surface area contributed by atoms with E-state index < -0.39 is 0 Å². The highest BCUT2D eigenvalue weighted by Gasteiger charge is 1.97. The summed E-state index contributed by atoms with van der Waals surface area (Å²) in [5.74, 6) is 1.25. The van der Waals surface area contributed by atoms with Gasteiger partial charge in [-0.25, -0.2) is 0 Å². The van der Waals surface area contributed by atoms with Gasteiger partial charge < -0.3 is 10.1 Å². The van der Waals surface area contributed by atoms with Crippen LogP contribution in [0.4, 0.5) is 0 Å². The summed E-state index contributed by atoms with van der Waals surface area (Å²) in [6, 6.07) is 7.65. The molecule has 3 heteroatoms. The van der Waals surface area contributed by atoms with Crippen molar-refractivity contribution in [3.63, 3.8) is 0 Å². The standard InChI is InChI=1S/C15H21NO2/c1-4-18-14-8-5-13(6-9-14)7-10-15(17)16-11-12(2)3/h5-10,12H,4,11H2,1-3H3,(H,16,17)/b10-7-. The summed E-state index contributed by atoms with van der Waals surface area (Å²) in [4.78, 5) is 11.5. The zero-order valence-electron chi connectivity index (χ0n) is 11.3. The minimum absolute atomic E-state index is 0.0578. The third-order valence-corrected chi connectivity index (χ3v) is 2.30. The summed E-state index contributed by atoms with van der Waals surface area (Å²) in [6.07, 6.45) is 3.35. The van der Waals surface area contributed by atoms with Gasteiger partial charge in [0.05, 0.1) is 6.61 Å². The Morgan fingerprint density at radius 2 is 2.00 bits per heavy atom. The van der Waals surface area contributed by atoms with Crippen LogP contribution in [0.15, 0.2) is 30.3 Å². The van der Waals surface area contributed by atoms with Gasteiger partial charge in [-0.3, -0.25) is 4.79 Å². The number of ether oxygens (including phenoxy) is 1. The van der Waals surface area contributed by atoms with Gasteiger partial charge >= 0.3 is 0 Å². The molecule has 0 spiro atoms. The van der Waals surface area contributed by atoms with Gasteiger partial charge in [0.15, 0.2) is 0 Å². The molecule has 0 aliphatic rings. The summed E-state index contributed by atoms with van der Waals surface area (Å²) >= 11 is 0. The van der Waals surface area contributed by atoms with Crippen molar-refractivity contribution in [2.45, 2.75) is 20.8 Å². The molecule has 18 heavy (non-hydrogen) atoms. The Kier molecular flexibility index (Phi) is 5.98. The van der Waals surface area contributed by atoms with Crippen molar-refractivity contribution in [3.05, 3.63) is 35.9 Å². The van der Waals surface area contributed by atoms with Gasteiger partial charge in [-0.15, -0.1) is 0 Å². The van der Waals surface area contributed by atoms with Crippen LogP contribution < -0.4 is 10.1 Å². The molecule has 0 unspecified atom stereocenters. The van der Waals surface area contributed by atoms with Crippen LogP contribution in [-0.2, 0) is 4.79 Å². The summed E-state index contributed by atoms with van der Waals surface area (Å²) in [7, 11) is 0. The Bertz CT molecular complexity index is 393. The highest BCUT2D eigenvalue weighted by Crippen LogP contribution is 2.12. The fourth-order valence-corrected chi connectivity index (χ4v) is 1.38. The fourth-order valence-electron chi connectivity index (χ4n) is 1.38. The van der Waals surface area contributed by atoms with E-state index >= 15 is 0 Å². The second-order valence-corrected chi connectivity index (χ2v) is 4.47. The van der Waals surface area contributed by atoms with E-state index in [1.54, 1.807) is 12.2 Å². The zero-order chi connectivity index (χ0) is 13.4. The van der Waals surface area contributed by atoms with Crippen molar-refractivity contribution in [2.75, 3.05) is 13.2 Å². The van der Waals surface area contributed by atoms with Gasteiger partial charge in [0.2, 0.25) is 5.91 Å². The van der Waals surface area contributed by atoms with Crippen LogP contribution >= 0.6 is 0 Å². The highest BCUT2D eigenvalue weighted by molar-refractivity contribution is 5.91. The molecule has 0 atom stereocenters. The number of hydrogen-bond donors (Lipinski definition) is 1. The van der Waals surface area contributed by atoms with Gasteiger partial charge in [-0.1, -0.05) is 26.0 Å². The molecule has 0 bridgehead atoms. The van der Waals surface area contributed by atoms with Gasteiger partial charge in [-0.2, -0.15) is 0 Å². The third-order valence-electron chi connectivity index (χ3n) is 2.30. The molecule has 0 heterocycles. The molecule has 1 aromatic rings. The number of hydrogen-bond acceptors (Lipinski definition) is 2. The van der Waals surface area contributed by atoms with Crippen molar-refractivity contribution in [2.24, 2.45) is 5.92 Å². The Balaban J connectivity index is 2.48. The van der Waals surface area contributed by atoms with Gasteiger partial charge in [0.1, 0.15) is 5.75 Å². The molecule has 3 nitrogen and oxygen atoms in total. The Labute approximate surface area is 109 Å². The average molecular weight is 247 g/mol. The summed E-state index contributed by atoms with van der Waals surface area (Å²) in [5, 5.41) is 2.83. The normalized spacial score (nSPS) is 10.9. The molecular weight excluding hydrogens is 226 g/mol. The summed E-state index contributed by atoms with van der Waals surface area (Å²) in [6.45, 7) is 7.44. The fraction of sp³-hybridized carbons (Fsp3) is 0.400. The number of benzene rings is 1. The van der Waals surface area contributed by atoms with Crippen LogP contribution in [0.5, 0.6) is 5.75 Å². The molecule has 0 aliphatic carbocycles. The topological polar surface area (TPSA) is 38.3 Å². The number of nitrogens with one attached hydrogen (secondary N) is 1. The molecule has 0 saturated carbocycles. The van der Waals surface area contributed by atoms with E-state index in [9.17, 15) is 4.79 Å². The number of carbonyl (C=O) groups is 1. The van der Waals surface area contributed by atoms with E-state index in [2.05, 4.69) is 19.2 Å². The van der Waals surface area contributed by atoms with Crippen LogP contribution in [0.2, 0.25) is 0 Å². The lowest BCUT2D eigenvalue weighted by molar-refractivity contribution is -0.116. The maximum atomic E-state index is 11.5. The molecule has 0 aromatic heterocycles. The molecule has 1 aromatic carbocycles. The molecule has 0 aliphatic heterocycles. The minimum atomic E-state index is -0.0578. The van der Waals surface area contributed by atoms with E-state index in [0.29, 0.717) is 19.1 Å². The van der Waals surface area contributed by atoms with E-state index in [1.807, 2.05) is 31.2 Å². The molecule has 0 radical (unpaired) electrons. The maximum Gasteiger partial charge on any atom is 0.244 e. The van der Waals surface area contributed by atoms with Crippen molar-refractivity contribution in [3.8, 4) is 5.75 Å². The largest absolute Gasteiger partial charge is 0.494 e. The van der Waals surface area contributed by atoms with Crippen LogP contribution in [0, 0.1) is 5.92 Å². The SMILES string of the molecule is CCOc1ccc(/C=C\C(=O)NCC(C)C)cc1. The van der Waals surface area contributed by atoms with Crippen molar-refractivity contribution < 1.29 is 9.53 Å².